The van der Waals surface area contributed by atoms with Crippen LogP contribution in [0.5, 0.6) is 0 Å². The molecule has 1 fully saturated rings. The van der Waals surface area contributed by atoms with E-state index < -0.39 is 0 Å². The Bertz CT molecular complexity index is 302. The van der Waals surface area contributed by atoms with Crippen molar-refractivity contribution >= 4 is 0 Å². The topological polar surface area (TPSA) is 25.2 Å². The van der Waals surface area contributed by atoms with Crippen LogP contribution in [-0.4, -0.2) is 6.04 Å². The minimum absolute atomic E-state index is 0.405. The van der Waals surface area contributed by atoms with Crippen LogP contribution in [0.15, 0.2) is 23.0 Å². The zero-order chi connectivity index (χ0) is 10.9. The first-order valence-electron chi connectivity index (χ1n) is 5.85. The van der Waals surface area contributed by atoms with Gasteiger partial charge < -0.3 is 9.73 Å². The van der Waals surface area contributed by atoms with Gasteiger partial charge in [0.15, 0.2) is 0 Å². The van der Waals surface area contributed by atoms with Crippen LogP contribution in [0.1, 0.15) is 51.6 Å². The second-order valence-corrected chi connectivity index (χ2v) is 5.55. The number of furan rings is 1. The fraction of sp³-hybridized carbons (Fsp3) is 0.692. The van der Waals surface area contributed by atoms with E-state index in [0.717, 1.165) is 0 Å². The Balaban J connectivity index is 1.88. The van der Waals surface area contributed by atoms with Crippen LogP contribution < -0.4 is 5.32 Å². The molecule has 2 nitrogen and oxygen atoms in total. The normalized spacial score (nSPS) is 26.7. The summed E-state index contributed by atoms with van der Waals surface area (Å²) in [6, 6.07) is 3.12. The highest BCUT2D eigenvalue weighted by molar-refractivity contribution is 5.10. The molecule has 0 saturated heterocycles. The second kappa shape index (κ2) is 4.01. The molecule has 0 amide bonds. The third-order valence-corrected chi connectivity index (χ3v) is 3.50. The first-order chi connectivity index (χ1) is 7.07. The molecule has 1 aliphatic carbocycles. The van der Waals surface area contributed by atoms with Gasteiger partial charge in [0.25, 0.3) is 0 Å². The molecule has 1 aliphatic rings. The highest BCUT2D eigenvalue weighted by Crippen LogP contribution is 2.37. The number of hydrogen-bond acceptors (Lipinski definition) is 2. The highest BCUT2D eigenvalue weighted by atomic mass is 16.3. The van der Waals surface area contributed by atoms with Gasteiger partial charge in [-0.05, 0) is 37.7 Å². The van der Waals surface area contributed by atoms with Gasteiger partial charge in [0.1, 0.15) is 0 Å². The molecule has 1 aromatic rings. The average Bonchev–Trinajstić information content (AvgIpc) is 2.74. The quantitative estimate of drug-likeness (QED) is 0.820. The molecule has 2 rings (SSSR count). The molecular formula is C13H21NO. The van der Waals surface area contributed by atoms with Crippen molar-refractivity contribution in [3.8, 4) is 0 Å². The minimum atomic E-state index is 0.405. The summed E-state index contributed by atoms with van der Waals surface area (Å²) < 4.78 is 5.10. The van der Waals surface area contributed by atoms with Gasteiger partial charge in [0.2, 0.25) is 0 Å². The van der Waals surface area contributed by atoms with Crippen LogP contribution in [-0.2, 0) is 0 Å². The summed E-state index contributed by atoms with van der Waals surface area (Å²) in [6.45, 7) is 6.92. The van der Waals surface area contributed by atoms with E-state index in [1.807, 2.05) is 12.3 Å². The van der Waals surface area contributed by atoms with E-state index in [4.69, 9.17) is 4.42 Å². The van der Waals surface area contributed by atoms with E-state index in [9.17, 15) is 0 Å². The largest absolute Gasteiger partial charge is 0.472 e. The van der Waals surface area contributed by atoms with Crippen molar-refractivity contribution in [1.29, 1.82) is 0 Å². The lowest BCUT2D eigenvalue weighted by Gasteiger charge is -2.21. The van der Waals surface area contributed by atoms with Gasteiger partial charge in [-0.15, -0.1) is 0 Å². The number of nitrogens with one attached hydrogen (secondary N) is 1. The van der Waals surface area contributed by atoms with E-state index in [-0.39, 0.29) is 0 Å². The number of rotatable bonds is 3. The van der Waals surface area contributed by atoms with Gasteiger partial charge >= 0.3 is 0 Å². The molecule has 84 valence electrons. The first-order valence-corrected chi connectivity index (χ1v) is 5.85. The molecule has 0 aromatic carbocycles. The predicted octanol–water partition coefficient (Wildman–Crippen LogP) is 3.51. The Hall–Kier alpha value is -0.760. The van der Waals surface area contributed by atoms with Crippen LogP contribution >= 0.6 is 0 Å². The molecule has 1 saturated carbocycles. The summed E-state index contributed by atoms with van der Waals surface area (Å²) in [5, 5.41) is 3.68. The highest BCUT2D eigenvalue weighted by Gasteiger charge is 2.31. The average molecular weight is 207 g/mol. The molecule has 0 radical (unpaired) electrons. The molecule has 0 bridgehead atoms. The standard InChI is InChI=1S/C13H21NO/c1-10(11-5-7-15-9-11)14-12-4-6-13(2,3)8-12/h5,7,9-10,12,14H,4,6,8H2,1-3H3. The smallest absolute Gasteiger partial charge is 0.0950 e. The summed E-state index contributed by atoms with van der Waals surface area (Å²) in [5.74, 6) is 0. The third-order valence-electron chi connectivity index (χ3n) is 3.50. The zero-order valence-corrected chi connectivity index (χ0v) is 9.92. The van der Waals surface area contributed by atoms with Gasteiger partial charge in [-0.25, -0.2) is 0 Å². The lowest BCUT2D eigenvalue weighted by Crippen LogP contribution is -2.29. The number of hydrogen-bond donors (Lipinski definition) is 1. The molecule has 1 aromatic heterocycles. The lowest BCUT2D eigenvalue weighted by molar-refractivity contribution is 0.356. The molecule has 2 heteroatoms. The Kier molecular flexibility index (Phi) is 2.87. The second-order valence-electron chi connectivity index (χ2n) is 5.55. The van der Waals surface area contributed by atoms with Crippen molar-refractivity contribution < 1.29 is 4.42 Å². The fourth-order valence-corrected chi connectivity index (χ4v) is 2.55. The van der Waals surface area contributed by atoms with Crippen molar-refractivity contribution in [2.45, 2.75) is 52.1 Å². The first kappa shape index (κ1) is 10.7. The van der Waals surface area contributed by atoms with Crippen LogP contribution in [0.4, 0.5) is 0 Å². The molecule has 1 heterocycles. The maximum absolute atomic E-state index is 5.10. The van der Waals surface area contributed by atoms with Gasteiger partial charge in [-0.1, -0.05) is 13.8 Å². The summed E-state index contributed by atoms with van der Waals surface area (Å²) >= 11 is 0. The zero-order valence-electron chi connectivity index (χ0n) is 9.92. The van der Waals surface area contributed by atoms with Crippen molar-refractivity contribution in [2.75, 3.05) is 0 Å². The monoisotopic (exact) mass is 207 g/mol. The Labute approximate surface area is 92.1 Å². The molecule has 15 heavy (non-hydrogen) atoms. The molecular weight excluding hydrogens is 186 g/mol. The Morgan fingerprint density at radius 3 is 2.87 bits per heavy atom. The van der Waals surface area contributed by atoms with Crippen molar-refractivity contribution in [3.63, 3.8) is 0 Å². The van der Waals surface area contributed by atoms with E-state index in [1.165, 1.54) is 24.8 Å². The van der Waals surface area contributed by atoms with E-state index >= 15 is 0 Å². The molecule has 0 spiro atoms. The van der Waals surface area contributed by atoms with Gasteiger partial charge in [-0.2, -0.15) is 0 Å². The van der Waals surface area contributed by atoms with Gasteiger partial charge in [0.05, 0.1) is 12.5 Å². The third kappa shape index (κ3) is 2.63. The van der Waals surface area contributed by atoms with Gasteiger partial charge in [0, 0.05) is 17.6 Å². The maximum atomic E-state index is 5.10. The van der Waals surface area contributed by atoms with Crippen LogP contribution in [0.2, 0.25) is 0 Å². The Morgan fingerprint density at radius 1 is 1.53 bits per heavy atom. The molecule has 0 aliphatic heterocycles. The predicted molar refractivity (Wildman–Crippen MR) is 61.7 cm³/mol. The fourth-order valence-electron chi connectivity index (χ4n) is 2.55. The van der Waals surface area contributed by atoms with Crippen molar-refractivity contribution in [1.82, 2.24) is 5.32 Å². The summed E-state index contributed by atoms with van der Waals surface area (Å²) in [7, 11) is 0. The van der Waals surface area contributed by atoms with Crippen LogP contribution in [0, 0.1) is 5.41 Å². The summed E-state index contributed by atoms with van der Waals surface area (Å²) in [6.07, 6.45) is 7.50. The van der Waals surface area contributed by atoms with Crippen molar-refractivity contribution in [2.24, 2.45) is 5.41 Å². The summed E-state index contributed by atoms with van der Waals surface area (Å²) in [4.78, 5) is 0. The van der Waals surface area contributed by atoms with Gasteiger partial charge in [-0.3, -0.25) is 0 Å². The summed E-state index contributed by atoms with van der Waals surface area (Å²) in [5.41, 5.74) is 1.77. The molecule has 2 atom stereocenters. The van der Waals surface area contributed by atoms with Crippen LogP contribution in [0.25, 0.3) is 0 Å². The minimum Gasteiger partial charge on any atom is -0.472 e. The lowest BCUT2D eigenvalue weighted by atomic mass is 9.92. The SMILES string of the molecule is CC(NC1CCC(C)(C)C1)c1ccoc1. The molecule has 1 N–H and O–H groups in total. The maximum Gasteiger partial charge on any atom is 0.0950 e. The molecule has 2 unspecified atom stereocenters. The van der Waals surface area contributed by atoms with E-state index in [1.54, 1.807) is 6.26 Å². The van der Waals surface area contributed by atoms with Crippen LogP contribution in [0.3, 0.4) is 0 Å². The Morgan fingerprint density at radius 2 is 2.33 bits per heavy atom. The van der Waals surface area contributed by atoms with E-state index in [2.05, 4.69) is 26.1 Å². The van der Waals surface area contributed by atoms with Crippen molar-refractivity contribution in [3.05, 3.63) is 24.2 Å². The van der Waals surface area contributed by atoms with E-state index in [0.29, 0.717) is 17.5 Å².